The molecule has 1 aliphatic carbocycles. The Balaban J connectivity index is 2.03. The number of sulfonamides is 1. The number of hydrogen-bond acceptors (Lipinski definition) is 4. The lowest BCUT2D eigenvalue weighted by Crippen LogP contribution is -2.45. The summed E-state index contributed by atoms with van der Waals surface area (Å²) in [6, 6.07) is 0.905. The molecule has 1 heterocycles. The zero-order valence-corrected chi connectivity index (χ0v) is 12.2. The molecule has 2 rings (SSSR count). The molecule has 0 bridgehead atoms. The van der Waals surface area contributed by atoms with Crippen LogP contribution >= 0.6 is 0 Å². The normalized spacial score (nSPS) is 27.4. The van der Waals surface area contributed by atoms with Crippen LogP contribution in [0.5, 0.6) is 0 Å². The third kappa shape index (κ3) is 3.74. The minimum Gasteiger partial charge on any atom is -0.389 e. The van der Waals surface area contributed by atoms with Crippen molar-refractivity contribution >= 4 is 10.0 Å². The fraction of sp³-hybridized carbons (Fsp3) is 0.615. The Morgan fingerprint density at radius 2 is 2.10 bits per heavy atom. The van der Waals surface area contributed by atoms with Crippen molar-refractivity contribution in [2.45, 2.75) is 43.1 Å². The van der Waals surface area contributed by atoms with Gasteiger partial charge in [0.1, 0.15) is 10.7 Å². The van der Waals surface area contributed by atoms with E-state index in [0.29, 0.717) is 18.8 Å². The maximum absolute atomic E-state index is 13.0. The van der Waals surface area contributed by atoms with Crippen LogP contribution in [0.1, 0.15) is 32.6 Å². The smallest absolute Gasteiger partial charge is 0.242 e. The molecule has 2 N–H and O–H groups in total. The van der Waals surface area contributed by atoms with Gasteiger partial charge in [-0.05, 0) is 37.7 Å². The molecule has 5 nitrogen and oxygen atoms in total. The van der Waals surface area contributed by atoms with E-state index in [9.17, 15) is 17.9 Å². The highest BCUT2D eigenvalue weighted by atomic mass is 32.2. The second-order valence-corrected chi connectivity index (χ2v) is 7.34. The summed E-state index contributed by atoms with van der Waals surface area (Å²) in [4.78, 5) is 3.28. The highest BCUT2D eigenvalue weighted by molar-refractivity contribution is 7.89. The van der Waals surface area contributed by atoms with Gasteiger partial charge in [0, 0.05) is 12.7 Å². The van der Waals surface area contributed by atoms with Gasteiger partial charge in [-0.1, -0.05) is 6.92 Å². The summed E-state index contributed by atoms with van der Waals surface area (Å²) >= 11 is 0. The molecule has 0 amide bonds. The first-order valence-electron chi connectivity index (χ1n) is 6.63. The SMILES string of the molecule is CC1CCC(O)(CNS(=O)(=O)c2cncc(F)c2)CC1. The maximum Gasteiger partial charge on any atom is 0.242 e. The Morgan fingerprint density at radius 1 is 1.45 bits per heavy atom. The molecule has 7 heteroatoms. The molecule has 1 aromatic rings. The predicted molar refractivity (Wildman–Crippen MR) is 72.0 cm³/mol. The van der Waals surface area contributed by atoms with Crippen molar-refractivity contribution in [2.75, 3.05) is 6.54 Å². The van der Waals surface area contributed by atoms with Gasteiger partial charge in [0.25, 0.3) is 0 Å². The molecule has 20 heavy (non-hydrogen) atoms. The number of aromatic nitrogens is 1. The summed E-state index contributed by atoms with van der Waals surface area (Å²) in [6.45, 7) is 2.06. The van der Waals surface area contributed by atoms with E-state index in [2.05, 4.69) is 16.6 Å². The number of nitrogens with one attached hydrogen (secondary N) is 1. The summed E-state index contributed by atoms with van der Waals surface area (Å²) in [7, 11) is -3.85. The molecule has 0 radical (unpaired) electrons. The highest BCUT2D eigenvalue weighted by Crippen LogP contribution is 2.31. The van der Waals surface area contributed by atoms with E-state index in [0.717, 1.165) is 31.3 Å². The first kappa shape index (κ1) is 15.3. The lowest BCUT2D eigenvalue weighted by atomic mass is 9.80. The van der Waals surface area contributed by atoms with Crippen LogP contribution in [0.2, 0.25) is 0 Å². The summed E-state index contributed by atoms with van der Waals surface area (Å²) < 4.78 is 39.4. The van der Waals surface area contributed by atoms with Crippen molar-refractivity contribution in [3.05, 3.63) is 24.3 Å². The molecule has 1 fully saturated rings. The topological polar surface area (TPSA) is 79.3 Å². The maximum atomic E-state index is 13.0. The summed E-state index contributed by atoms with van der Waals surface area (Å²) in [5.74, 6) is -0.155. The van der Waals surface area contributed by atoms with Crippen LogP contribution in [0.3, 0.4) is 0 Å². The molecular formula is C13H19FN2O3S. The summed E-state index contributed by atoms with van der Waals surface area (Å²) in [5.41, 5.74) is -1.01. The number of rotatable bonds is 4. The van der Waals surface area contributed by atoms with Crippen molar-refractivity contribution in [2.24, 2.45) is 5.92 Å². The average Bonchev–Trinajstić information content (AvgIpc) is 2.41. The van der Waals surface area contributed by atoms with E-state index in [1.165, 1.54) is 0 Å². The lowest BCUT2D eigenvalue weighted by Gasteiger charge is -2.34. The fourth-order valence-electron chi connectivity index (χ4n) is 2.33. The van der Waals surface area contributed by atoms with E-state index in [1.54, 1.807) is 0 Å². The predicted octanol–water partition coefficient (Wildman–Crippen LogP) is 1.44. The zero-order valence-electron chi connectivity index (χ0n) is 11.3. The molecule has 0 spiro atoms. The Morgan fingerprint density at radius 3 is 2.70 bits per heavy atom. The van der Waals surface area contributed by atoms with Crippen LogP contribution in [0.4, 0.5) is 4.39 Å². The van der Waals surface area contributed by atoms with E-state index in [-0.39, 0.29) is 11.4 Å². The number of pyridine rings is 1. The highest BCUT2D eigenvalue weighted by Gasteiger charge is 2.33. The second kappa shape index (κ2) is 5.75. The van der Waals surface area contributed by atoms with Gasteiger partial charge in [-0.3, -0.25) is 4.98 Å². The van der Waals surface area contributed by atoms with Gasteiger partial charge >= 0.3 is 0 Å². The summed E-state index contributed by atoms with van der Waals surface area (Å²) in [6.07, 6.45) is 4.91. The van der Waals surface area contributed by atoms with Crippen LogP contribution in [0, 0.1) is 11.7 Å². The number of halogens is 1. The molecule has 0 aromatic carbocycles. The van der Waals surface area contributed by atoms with Crippen molar-refractivity contribution < 1.29 is 17.9 Å². The first-order valence-corrected chi connectivity index (χ1v) is 8.12. The van der Waals surface area contributed by atoms with E-state index >= 15 is 0 Å². The van der Waals surface area contributed by atoms with Crippen LogP contribution < -0.4 is 4.72 Å². The Hall–Kier alpha value is -1.05. The Bertz CT molecular complexity index is 569. The molecular weight excluding hydrogens is 283 g/mol. The Kier molecular flexibility index (Phi) is 4.41. The van der Waals surface area contributed by atoms with Crippen molar-refractivity contribution in [3.8, 4) is 0 Å². The van der Waals surface area contributed by atoms with Crippen molar-refractivity contribution in [3.63, 3.8) is 0 Å². The molecule has 0 aliphatic heterocycles. The van der Waals surface area contributed by atoms with Crippen LogP contribution in [0.25, 0.3) is 0 Å². The zero-order chi connectivity index (χ0) is 14.8. The van der Waals surface area contributed by atoms with E-state index < -0.39 is 21.4 Å². The van der Waals surface area contributed by atoms with Gasteiger partial charge in [-0.15, -0.1) is 0 Å². The van der Waals surface area contributed by atoms with E-state index in [4.69, 9.17) is 0 Å². The third-order valence-corrected chi connectivity index (χ3v) is 5.15. The molecule has 1 saturated carbocycles. The number of hydrogen-bond donors (Lipinski definition) is 2. The monoisotopic (exact) mass is 302 g/mol. The van der Waals surface area contributed by atoms with Crippen LogP contribution in [0.15, 0.2) is 23.4 Å². The molecule has 0 atom stereocenters. The molecule has 0 unspecified atom stereocenters. The van der Waals surface area contributed by atoms with Crippen LogP contribution in [-0.2, 0) is 10.0 Å². The fourth-order valence-corrected chi connectivity index (χ4v) is 3.42. The molecule has 112 valence electrons. The molecule has 0 saturated heterocycles. The van der Waals surface area contributed by atoms with E-state index in [1.807, 2.05) is 0 Å². The minimum atomic E-state index is -3.85. The van der Waals surface area contributed by atoms with Crippen LogP contribution in [-0.4, -0.2) is 30.7 Å². The van der Waals surface area contributed by atoms with Gasteiger partial charge in [0.2, 0.25) is 10.0 Å². The first-order chi connectivity index (χ1) is 9.31. The van der Waals surface area contributed by atoms with Gasteiger partial charge in [0.05, 0.1) is 11.8 Å². The number of aliphatic hydroxyl groups is 1. The third-order valence-electron chi connectivity index (χ3n) is 3.79. The summed E-state index contributed by atoms with van der Waals surface area (Å²) in [5, 5.41) is 10.3. The van der Waals surface area contributed by atoms with Gasteiger partial charge in [-0.2, -0.15) is 0 Å². The van der Waals surface area contributed by atoms with Gasteiger partial charge in [0.15, 0.2) is 0 Å². The average molecular weight is 302 g/mol. The number of nitrogens with zero attached hydrogens (tertiary/aromatic N) is 1. The second-order valence-electron chi connectivity index (χ2n) is 5.57. The molecule has 1 aromatic heterocycles. The van der Waals surface area contributed by atoms with Crippen molar-refractivity contribution in [1.29, 1.82) is 0 Å². The lowest BCUT2D eigenvalue weighted by molar-refractivity contribution is -0.00182. The van der Waals surface area contributed by atoms with Crippen molar-refractivity contribution in [1.82, 2.24) is 9.71 Å². The van der Waals surface area contributed by atoms with Gasteiger partial charge < -0.3 is 5.11 Å². The Labute approximate surface area is 118 Å². The van der Waals surface area contributed by atoms with Gasteiger partial charge in [-0.25, -0.2) is 17.5 Å². The minimum absolute atomic E-state index is 0.0570. The quantitative estimate of drug-likeness (QED) is 0.882. The standard InChI is InChI=1S/C13H19FN2O3S/c1-10-2-4-13(17,5-3-10)9-16-20(18,19)12-6-11(14)7-15-8-12/h6-8,10,16-17H,2-5,9H2,1H3. The largest absolute Gasteiger partial charge is 0.389 e. The molecule has 1 aliphatic rings.